The van der Waals surface area contributed by atoms with Crippen molar-refractivity contribution in [2.75, 3.05) is 0 Å². The smallest absolute Gasteiger partial charge is 0.123 e. The highest BCUT2D eigenvalue weighted by atomic mass is 19.1. The highest BCUT2D eigenvalue weighted by molar-refractivity contribution is 5.16. The highest BCUT2D eigenvalue weighted by Crippen LogP contribution is 2.17. The molecule has 1 aromatic rings. The van der Waals surface area contributed by atoms with Gasteiger partial charge in [0.05, 0.1) is 0 Å². The molecule has 1 N–H and O–H groups in total. The van der Waals surface area contributed by atoms with Crippen LogP contribution in [0, 0.1) is 5.82 Å². The van der Waals surface area contributed by atoms with E-state index < -0.39 is 0 Å². The maximum Gasteiger partial charge on any atom is 0.123 e. The second kappa shape index (κ2) is 5.44. The van der Waals surface area contributed by atoms with Crippen LogP contribution in [-0.4, -0.2) is 12.1 Å². The molecule has 1 saturated heterocycles. The Morgan fingerprint density at radius 3 is 3.00 bits per heavy atom. The minimum absolute atomic E-state index is 0.123. The topological polar surface area (TPSA) is 12.0 Å². The molecule has 2 rings (SSSR count). The van der Waals surface area contributed by atoms with Gasteiger partial charge < -0.3 is 5.32 Å². The van der Waals surface area contributed by atoms with E-state index in [0.29, 0.717) is 12.1 Å². The van der Waals surface area contributed by atoms with Crippen LogP contribution in [0.4, 0.5) is 4.39 Å². The lowest BCUT2D eigenvalue weighted by atomic mass is 9.95. The van der Waals surface area contributed by atoms with Crippen LogP contribution in [-0.2, 0) is 6.42 Å². The zero-order valence-electron chi connectivity index (χ0n) is 9.88. The Balaban J connectivity index is 1.82. The summed E-state index contributed by atoms with van der Waals surface area (Å²) in [5.41, 5.74) is 1.11. The van der Waals surface area contributed by atoms with Gasteiger partial charge in [0.25, 0.3) is 0 Å². The summed E-state index contributed by atoms with van der Waals surface area (Å²) in [5, 5.41) is 3.61. The van der Waals surface area contributed by atoms with Crippen molar-refractivity contribution in [2.45, 2.75) is 51.1 Å². The van der Waals surface area contributed by atoms with Gasteiger partial charge in [0.2, 0.25) is 0 Å². The van der Waals surface area contributed by atoms with Crippen LogP contribution in [0.25, 0.3) is 0 Å². The molecule has 1 aromatic carbocycles. The van der Waals surface area contributed by atoms with Crippen molar-refractivity contribution in [1.29, 1.82) is 0 Å². The van der Waals surface area contributed by atoms with E-state index in [0.717, 1.165) is 18.4 Å². The van der Waals surface area contributed by atoms with Gasteiger partial charge in [-0.15, -0.1) is 0 Å². The van der Waals surface area contributed by atoms with Gasteiger partial charge in [-0.1, -0.05) is 18.6 Å². The summed E-state index contributed by atoms with van der Waals surface area (Å²) < 4.78 is 13.0. The van der Waals surface area contributed by atoms with Gasteiger partial charge in [0.15, 0.2) is 0 Å². The Labute approximate surface area is 97.1 Å². The molecule has 2 heteroatoms. The Kier molecular flexibility index (Phi) is 3.94. The number of rotatable bonds is 3. The number of halogens is 1. The summed E-state index contributed by atoms with van der Waals surface area (Å²) >= 11 is 0. The third-order valence-corrected chi connectivity index (χ3v) is 3.38. The lowest BCUT2D eigenvalue weighted by Gasteiger charge is -2.28. The molecule has 1 aliphatic heterocycles. The SMILES string of the molecule is CC1CCCC(CCc2cccc(F)c2)N1. The quantitative estimate of drug-likeness (QED) is 0.826. The van der Waals surface area contributed by atoms with Crippen molar-refractivity contribution in [3.05, 3.63) is 35.6 Å². The van der Waals surface area contributed by atoms with E-state index in [1.807, 2.05) is 6.07 Å². The summed E-state index contributed by atoms with van der Waals surface area (Å²) in [5.74, 6) is -0.123. The second-order valence-electron chi connectivity index (χ2n) is 4.86. The molecule has 0 aliphatic carbocycles. The summed E-state index contributed by atoms with van der Waals surface area (Å²) in [4.78, 5) is 0. The maximum atomic E-state index is 13.0. The zero-order chi connectivity index (χ0) is 11.4. The first-order valence-electron chi connectivity index (χ1n) is 6.24. The Hall–Kier alpha value is -0.890. The van der Waals surface area contributed by atoms with Crippen LogP contribution >= 0.6 is 0 Å². The molecular weight excluding hydrogens is 201 g/mol. The predicted octanol–water partition coefficient (Wildman–Crippen LogP) is 3.29. The molecule has 2 atom stereocenters. The molecule has 1 heterocycles. The monoisotopic (exact) mass is 221 g/mol. The van der Waals surface area contributed by atoms with Crippen LogP contribution in [0.3, 0.4) is 0 Å². The molecule has 0 spiro atoms. The first-order chi connectivity index (χ1) is 7.74. The molecule has 0 radical (unpaired) electrons. The van der Waals surface area contributed by atoms with Crippen molar-refractivity contribution < 1.29 is 4.39 Å². The van der Waals surface area contributed by atoms with E-state index in [1.54, 1.807) is 12.1 Å². The van der Waals surface area contributed by atoms with E-state index in [9.17, 15) is 4.39 Å². The lowest BCUT2D eigenvalue weighted by Crippen LogP contribution is -2.40. The minimum Gasteiger partial charge on any atom is -0.311 e. The number of hydrogen-bond donors (Lipinski definition) is 1. The molecule has 1 fully saturated rings. The van der Waals surface area contributed by atoms with Crippen LogP contribution in [0.1, 0.15) is 38.2 Å². The molecule has 0 saturated carbocycles. The zero-order valence-corrected chi connectivity index (χ0v) is 9.88. The van der Waals surface area contributed by atoms with Crippen LogP contribution in [0.5, 0.6) is 0 Å². The number of aryl methyl sites for hydroxylation is 1. The molecule has 0 bridgehead atoms. The van der Waals surface area contributed by atoms with Gasteiger partial charge in [-0.05, 0) is 50.3 Å². The summed E-state index contributed by atoms with van der Waals surface area (Å²) in [6.07, 6.45) is 5.97. The Bertz CT molecular complexity index is 337. The Morgan fingerprint density at radius 2 is 2.25 bits per heavy atom. The van der Waals surface area contributed by atoms with Gasteiger partial charge in [-0.25, -0.2) is 4.39 Å². The van der Waals surface area contributed by atoms with E-state index in [-0.39, 0.29) is 5.82 Å². The van der Waals surface area contributed by atoms with E-state index in [2.05, 4.69) is 12.2 Å². The van der Waals surface area contributed by atoms with Crippen molar-refractivity contribution in [3.8, 4) is 0 Å². The lowest BCUT2D eigenvalue weighted by molar-refractivity contribution is 0.322. The molecule has 16 heavy (non-hydrogen) atoms. The maximum absolute atomic E-state index is 13.0. The van der Waals surface area contributed by atoms with Crippen molar-refractivity contribution in [2.24, 2.45) is 0 Å². The highest BCUT2D eigenvalue weighted by Gasteiger charge is 2.17. The van der Waals surface area contributed by atoms with Gasteiger partial charge >= 0.3 is 0 Å². The van der Waals surface area contributed by atoms with Crippen LogP contribution in [0.15, 0.2) is 24.3 Å². The number of benzene rings is 1. The fraction of sp³-hybridized carbons (Fsp3) is 0.571. The average Bonchev–Trinajstić information content (AvgIpc) is 2.27. The first-order valence-corrected chi connectivity index (χ1v) is 6.24. The van der Waals surface area contributed by atoms with E-state index >= 15 is 0 Å². The van der Waals surface area contributed by atoms with Crippen molar-refractivity contribution in [1.82, 2.24) is 5.32 Å². The fourth-order valence-corrected chi connectivity index (χ4v) is 2.50. The summed E-state index contributed by atoms with van der Waals surface area (Å²) in [6.45, 7) is 2.24. The summed E-state index contributed by atoms with van der Waals surface area (Å²) in [6, 6.07) is 8.21. The molecule has 1 aliphatic rings. The molecule has 0 aromatic heterocycles. The molecule has 2 unspecified atom stereocenters. The summed E-state index contributed by atoms with van der Waals surface area (Å²) in [7, 11) is 0. The number of hydrogen-bond acceptors (Lipinski definition) is 1. The first kappa shape index (κ1) is 11.6. The van der Waals surface area contributed by atoms with Crippen LogP contribution in [0.2, 0.25) is 0 Å². The van der Waals surface area contributed by atoms with Gasteiger partial charge in [0.1, 0.15) is 5.82 Å². The molecular formula is C14H20FN. The van der Waals surface area contributed by atoms with E-state index in [4.69, 9.17) is 0 Å². The Morgan fingerprint density at radius 1 is 1.38 bits per heavy atom. The largest absolute Gasteiger partial charge is 0.311 e. The van der Waals surface area contributed by atoms with E-state index in [1.165, 1.54) is 25.3 Å². The number of nitrogens with one attached hydrogen (secondary N) is 1. The third-order valence-electron chi connectivity index (χ3n) is 3.38. The third kappa shape index (κ3) is 3.31. The van der Waals surface area contributed by atoms with Crippen molar-refractivity contribution in [3.63, 3.8) is 0 Å². The predicted molar refractivity (Wildman–Crippen MR) is 65.0 cm³/mol. The average molecular weight is 221 g/mol. The normalized spacial score (nSPS) is 25.6. The van der Waals surface area contributed by atoms with Crippen LogP contribution < -0.4 is 5.32 Å². The number of piperidine rings is 1. The van der Waals surface area contributed by atoms with Gasteiger partial charge in [0, 0.05) is 12.1 Å². The van der Waals surface area contributed by atoms with Gasteiger partial charge in [-0.3, -0.25) is 0 Å². The minimum atomic E-state index is -0.123. The molecule has 88 valence electrons. The standard InChI is InChI=1S/C14H20FN/c1-11-4-2-7-14(16-11)9-8-12-5-3-6-13(15)10-12/h3,5-6,10-11,14,16H,2,4,7-9H2,1H3. The molecule has 1 nitrogen and oxygen atoms in total. The fourth-order valence-electron chi connectivity index (χ4n) is 2.50. The van der Waals surface area contributed by atoms with Crippen molar-refractivity contribution >= 4 is 0 Å². The second-order valence-corrected chi connectivity index (χ2v) is 4.86. The van der Waals surface area contributed by atoms with Gasteiger partial charge in [-0.2, -0.15) is 0 Å². The molecule has 0 amide bonds.